The fourth-order valence-corrected chi connectivity index (χ4v) is 1.22. The molecule has 0 bridgehead atoms. The van der Waals surface area contributed by atoms with Crippen LogP contribution in [0.5, 0.6) is 0 Å². The molecule has 0 atom stereocenters. The van der Waals surface area contributed by atoms with Crippen LogP contribution in [-0.2, 0) is 9.47 Å². The first-order valence-corrected chi connectivity index (χ1v) is 6.28. The summed E-state index contributed by atoms with van der Waals surface area (Å²) in [6.07, 6.45) is 2.31. The molecule has 0 heterocycles. The highest BCUT2D eigenvalue weighted by atomic mass is 35.6. The standard InChI is InChI=1S/C12H10Cl3FO3/c13-12(14,15)8-19-11(17)18-7-1-2-9-3-5-10(16)6-4-9/h1-6H,7-8H2/b2-1+. The van der Waals surface area contributed by atoms with E-state index in [0.29, 0.717) is 0 Å². The van der Waals surface area contributed by atoms with Crippen molar-refractivity contribution in [3.63, 3.8) is 0 Å². The Morgan fingerprint density at radius 1 is 1.21 bits per heavy atom. The third kappa shape index (κ3) is 7.93. The van der Waals surface area contributed by atoms with Crippen LogP contribution in [0.1, 0.15) is 5.56 Å². The van der Waals surface area contributed by atoms with Gasteiger partial charge in [0.25, 0.3) is 0 Å². The van der Waals surface area contributed by atoms with E-state index in [4.69, 9.17) is 34.8 Å². The SMILES string of the molecule is O=C(OC/C=C/c1ccc(F)cc1)OCC(Cl)(Cl)Cl. The van der Waals surface area contributed by atoms with Crippen LogP contribution >= 0.6 is 34.8 Å². The van der Waals surface area contributed by atoms with Crippen molar-refractivity contribution in [2.45, 2.75) is 3.79 Å². The second-order valence-electron chi connectivity index (χ2n) is 3.42. The third-order valence-electron chi connectivity index (χ3n) is 1.83. The molecule has 3 nitrogen and oxygen atoms in total. The topological polar surface area (TPSA) is 35.5 Å². The molecule has 1 rings (SSSR count). The molecule has 0 fully saturated rings. The van der Waals surface area contributed by atoms with Gasteiger partial charge >= 0.3 is 6.16 Å². The minimum absolute atomic E-state index is 0.00390. The quantitative estimate of drug-likeness (QED) is 0.609. The first kappa shape index (κ1) is 16.1. The lowest BCUT2D eigenvalue weighted by atomic mass is 10.2. The molecule has 0 aliphatic heterocycles. The number of halogens is 4. The summed E-state index contributed by atoms with van der Waals surface area (Å²) < 4.78 is 20.2. The monoisotopic (exact) mass is 326 g/mol. The smallest absolute Gasteiger partial charge is 0.430 e. The van der Waals surface area contributed by atoms with Gasteiger partial charge in [-0.05, 0) is 23.8 Å². The van der Waals surface area contributed by atoms with Crippen LogP contribution in [0.25, 0.3) is 6.08 Å². The van der Waals surface area contributed by atoms with E-state index in [9.17, 15) is 9.18 Å². The molecule has 0 spiro atoms. The summed E-state index contributed by atoms with van der Waals surface area (Å²) in [5.41, 5.74) is 0.777. The van der Waals surface area contributed by atoms with Gasteiger partial charge in [-0.2, -0.15) is 0 Å². The molecule has 7 heteroatoms. The second-order valence-corrected chi connectivity index (χ2v) is 5.93. The molecule has 0 N–H and O–H groups in total. The molecule has 0 amide bonds. The summed E-state index contributed by atoms with van der Waals surface area (Å²) in [7, 11) is 0. The lowest BCUT2D eigenvalue weighted by Gasteiger charge is -2.10. The zero-order valence-electron chi connectivity index (χ0n) is 9.61. The third-order valence-corrected chi connectivity index (χ3v) is 2.16. The fourth-order valence-electron chi connectivity index (χ4n) is 1.06. The number of rotatable bonds is 4. The number of alkyl halides is 3. The van der Waals surface area contributed by atoms with Crippen LogP contribution in [-0.4, -0.2) is 23.2 Å². The Morgan fingerprint density at radius 2 is 1.84 bits per heavy atom. The Kier molecular flexibility index (Phi) is 6.42. The number of benzene rings is 1. The summed E-state index contributed by atoms with van der Waals surface area (Å²) in [6, 6.07) is 5.84. The average molecular weight is 328 g/mol. The van der Waals surface area contributed by atoms with Crippen molar-refractivity contribution in [3.05, 3.63) is 41.7 Å². The fraction of sp³-hybridized carbons (Fsp3) is 0.250. The van der Waals surface area contributed by atoms with E-state index in [1.165, 1.54) is 12.1 Å². The lowest BCUT2D eigenvalue weighted by molar-refractivity contribution is 0.0648. The van der Waals surface area contributed by atoms with Gasteiger partial charge in [-0.25, -0.2) is 9.18 Å². The van der Waals surface area contributed by atoms with E-state index in [0.717, 1.165) is 5.56 Å². The van der Waals surface area contributed by atoms with E-state index in [1.807, 2.05) is 0 Å². The summed E-state index contributed by atoms with van der Waals surface area (Å²) in [5.74, 6) is -0.316. The number of ether oxygens (including phenoxy) is 2. The molecule has 0 saturated heterocycles. The molecule has 1 aromatic carbocycles. The molecule has 104 valence electrons. The van der Waals surface area contributed by atoms with Crippen LogP contribution in [0, 0.1) is 5.82 Å². The van der Waals surface area contributed by atoms with E-state index in [1.54, 1.807) is 24.3 Å². The number of carbonyl (C=O) groups is 1. The molecule has 0 saturated carbocycles. The first-order chi connectivity index (χ1) is 8.87. The van der Waals surface area contributed by atoms with Crippen molar-refractivity contribution < 1.29 is 18.7 Å². The highest BCUT2D eigenvalue weighted by Crippen LogP contribution is 2.25. The Balaban J connectivity index is 2.26. The van der Waals surface area contributed by atoms with Crippen molar-refractivity contribution in [2.75, 3.05) is 13.2 Å². The van der Waals surface area contributed by atoms with Crippen molar-refractivity contribution in [1.82, 2.24) is 0 Å². The lowest BCUT2D eigenvalue weighted by Crippen LogP contribution is -2.18. The predicted molar refractivity (Wildman–Crippen MR) is 73.0 cm³/mol. The first-order valence-electron chi connectivity index (χ1n) is 5.15. The maximum atomic E-state index is 12.6. The van der Waals surface area contributed by atoms with Crippen molar-refractivity contribution in [3.8, 4) is 0 Å². The zero-order chi connectivity index (χ0) is 14.3. The maximum Gasteiger partial charge on any atom is 0.508 e. The van der Waals surface area contributed by atoms with Crippen LogP contribution in [0.4, 0.5) is 9.18 Å². The highest BCUT2D eigenvalue weighted by molar-refractivity contribution is 6.67. The minimum Gasteiger partial charge on any atom is -0.430 e. The molecule has 0 unspecified atom stereocenters. The predicted octanol–water partition coefficient (Wildman–Crippen LogP) is 4.36. The summed E-state index contributed by atoms with van der Waals surface area (Å²) >= 11 is 16.2. The molecule has 19 heavy (non-hydrogen) atoms. The molecule has 0 radical (unpaired) electrons. The Hall–Kier alpha value is -0.970. The largest absolute Gasteiger partial charge is 0.508 e. The normalized spacial score (nSPS) is 11.6. The van der Waals surface area contributed by atoms with Crippen LogP contribution in [0.15, 0.2) is 30.3 Å². The van der Waals surface area contributed by atoms with Crippen molar-refractivity contribution >= 4 is 47.0 Å². The average Bonchev–Trinajstić information content (AvgIpc) is 2.33. The van der Waals surface area contributed by atoms with Gasteiger partial charge in [0, 0.05) is 0 Å². The van der Waals surface area contributed by atoms with Gasteiger partial charge in [-0.15, -0.1) is 0 Å². The summed E-state index contributed by atoms with van der Waals surface area (Å²) in [6.45, 7) is -0.395. The number of hydrogen-bond acceptors (Lipinski definition) is 3. The van der Waals surface area contributed by atoms with Gasteiger partial charge in [-0.1, -0.05) is 53.0 Å². The van der Waals surface area contributed by atoms with Crippen molar-refractivity contribution in [1.29, 1.82) is 0 Å². The number of carbonyl (C=O) groups excluding carboxylic acids is 1. The molecule has 1 aromatic rings. The maximum absolute atomic E-state index is 12.6. The summed E-state index contributed by atoms with van der Waals surface area (Å²) in [4.78, 5) is 11.0. The Morgan fingerprint density at radius 3 is 2.42 bits per heavy atom. The molecule has 0 aliphatic carbocycles. The van der Waals surface area contributed by atoms with Crippen molar-refractivity contribution in [2.24, 2.45) is 0 Å². The van der Waals surface area contributed by atoms with Gasteiger partial charge in [0.05, 0.1) is 0 Å². The van der Waals surface area contributed by atoms with Gasteiger partial charge < -0.3 is 9.47 Å². The highest BCUT2D eigenvalue weighted by Gasteiger charge is 2.22. The molecular weight excluding hydrogens is 317 g/mol. The number of hydrogen-bond donors (Lipinski definition) is 0. The van der Waals surface area contributed by atoms with Crippen LogP contribution in [0.3, 0.4) is 0 Å². The molecule has 0 aromatic heterocycles. The van der Waals surface area contributed by atoms with E-state index >= 15 is 0 Å². The summed E-state index contributed by atoms with van der Waals surface area (Å²) in [5, 5.41) is 0. The van der Waals surface area contributed by atoms with E-state index in [-0.39, 0.29) is 12.4 Å². The zero-order valence-corrected chi connectivity index (χ0v) is 11.9. The van der Waals surface area contributed by atoms with Gasteiger partial charge in [0.2, 0.25) is 3.79 Å². The Bertz CT molecular complexity index is 441. The van der Waals surface area contributed by atoms with E-state index < -0.39 is 16.6 Å². The Labute approximate surface area is 124 Å². The van der Waals surface area contributed by atoms with Gasteiger partial charge in [-0.3, -0.25) is 0 Å². The molecular formula is C12H10Cl3FO3. The minimum atomic E-state index is -1.66. The van der Waals surface area contributed by atoms with Gasteiger partial charge in [0.1, 0.15) is 19.0 Å². The second kappa shape index (κ2) is 7.58. The van der Waals surface area contributed by atoms with Crippen LogP contribution < -0.4 is 0 Å². The van der Waals surface area contributed by atoms with E-state index in [2.05, 4.69) is 9.47 Å². The molecule has 0 aliphatic rings. The van der Waals surface area contributed by atoms with Gasteiger partial charge in [0.15, 0.2) is 0 Å². The van der Waals surface area contributed by atoms with Crippen LogP contribution in [0.2, 0.25) is 0 Å².